The van der Waals surface area contributed by atoms with E-state index in [1.807, 2.05) is 20.8 Å². The number of carbonyl (C=O) groups excluding carboxylic acids is 1. The molecule has 1 amide bonds. The first-order chi connectivity index (χ1) is 12.9. The van der Waals surface area contributed by atoms with E-state index in [9.17, 15) is 22.8 Å². The van der Waals surface area contributed by atoms with E-state index in [1.165, 1.54) is 34.5 Å². The van der Waals surface area contributed by atoms with Gasteiger partial charge in [0.25, 0.3) is 5.56 Å². The van der Waals surface area contributed by atoms with Crippen LogP contribution in [0.5, 0.6) is 0 Å². The normalized spacial score (nSPS) is 17.1. The third kappa shape index (κ3) is 4.40. The molecule has 0 saturated heterocycles. The molecule has 2 heterocycles. The molecule has 1 aliphatic heterocycles. The summed E-state index contributed by atoms with van der Waals surface area (Å²) in [6.45, 7) is 6.10. The second-order valence-electron chi connectivity index (χ2n) is 7.70. The Morgan fingerprint density at radius 2 is 1.86 bits per heavy atom. The molecule has 2 aromatic rings. The maximum Gasteiger partial charge on any atom is 0.416 e. The maximum atomic E-state index is 12.6. The topological polar surface area (TPSA) is 64.0 Å². The molecule has 3 rings (SSSR count). The first-order valence-electron chi connectivity index (χ1n) is 8.68. The van der Waals surface area contributed by atoms with Gasteiger partial charge in [0, 0.05) is 29.5 Å². The average Bonchev–Trinajstić information content (AvgIpc) is 2.60. The van der Waals surface area contributed by atoms with Crippen molar-refractivity contribution >= 4 is 23.4 Å². The minimum Gasteiger partial charge on any atom is -0.326 e. The summed E-state index contributed by atoms with van der Waals surface area (Å²) in [6, 6.07) is 5.76. The number of thioether (sulfide) groups is 1. The van der Waals surface area contributed by atoms with Crippen molar-refractivity contribution < 1.29 is 18.0 Å². The molecular formula is C19H20F3N3O2S. The Morgan fingerprint density at radius 3 is 2.43 bits per heavy atom. The summed E-state index contributed by atoms with van der Waals surface area (Å²) in [5.41, 5.74) is -0.271. The van der Waals surface area contributed by atoms with Gasteiger partial charge in [-0.25, -0.2) is 4.98 Å². The second-order valence-corrected chi connectivity index (χ2v) is 8.68. The summed E-state index contributed by atoms with van der Waals surface area (Å²) in [4.78, 5) is 29.5. The SMILES string of the molecule is CC(C)(C)c1cc(=O)n2c(n1)SCC(C(=O)Nc1ccc(C(F)(F)F)cc1)C2. The van der Waals surface area contributed by atoms with Gasteiger partial charge in [-0.15, -0.1) is 0 Å². The lowest BCUT2D eigenvalue weighted by molar-refractivity contribution is -0.137. The van der Waals surface area contributed by atoms with Crippen LogP contribution in [0.4, 0.5) is 18.9 Å². The number of halogens is 3. The predicted molar refractivity (Wildman–Crippen MR) is 101 cm³/mol. The number of fused-ring (bicyclic) bond motifs is 1. The molecule has 0 fully saturated rings. The number of carbonyl (C=O) groups is 1. The summed E-state index contributed by atoms with van der Waals surface area (Å²) < 4.78 is 39.3. The molecular weight excluding hydrogens is 391 g/mol. The van der Waals surface area contributed by atoms with E-state index in [-0.39, 0.29) is 29.1 Å². The smallest absolute Gasteiger partial charge is 0.326 e. The van der Waals surface area contributed by atoms with E-state index >= 15 is 0 Å². The fourth-order valence-corrected chi connectivity index (χ4v) is 3.83. The number of aromatic nitrogens is 2. The third-order valence-electron chi connectivity index (χ3n) is 4.41. The largest absolute Gasteiger partial charge is 0.416 e. The fraction of sp³-hybridized carbons (Fsp3) is 0.421. The van der Waals surface area contributed by atoms with Crippen molar-refractivity contribution in [3.63, 3.8) is 0 Å². The summed E-state index contributed by atoms with van der Waals surface area (Å²) in [7, 11) is 0. The van der Waals surface area contributed by atoms with Gasteiger partial charge in [0.2, 0.25) is 5.91 Å². The van der Waals surface area contributed by atoms with Gasteiger partial charge >= 0.3 is 6.18 Å². The molecule has 150 valence electrons. The third-order valence-corrected chi connectivity index (χ3v) is 5.55. The van der Waals surface area contributed by atoms with Gasteiger partial charge in [-0.1, -0.05) is 32.5 Å². The number of benzene rings is 1. The van der Waals surface area contributed by atoms with Crippen LogP contribution < -0.4 is 10.9 Å². The molecule has 1 N–H and O–H groups in total. The van der Waals surface area contributed by atoms with Crippen molar-refractivity contribution in [2.45, 2.75) is 44.1 Å². The van der Waals surface area contributed by atoms with E-state index in [1.54, 1.807) is 0 Å². The maximum absolute atomic E-state index is 12.6. The highest BCUT2D eigenvalue weighted by atomic mass is 32.2. The van der Waals surface area contributed by atoms with Crippen molar-refractivity contribution in [3.8, 4) is 0 Å². The number of rotatable bonds is 2. The molecule has 0 saturated carbocycles. The van der Waals surface area contributed by atoms with E-state index in [2.05, 4.69) is 10.3 Å². The molecule has 1 atom stereocenters. The number of amides is 1. The number of hydrogen-bond acceptors (Lipinski definition) is 4. The Balaban J connectivity index is 1.73. The van der Waals surface area contributed by atoms with Crippen LogP contribution >= 0.6 is 11.8 Å². The lowest BCUT2D eigenvalue weighted by atomic mass is 9.92. The Labute approximate surface area is 164 Å². The Hall–Kier alpha value is -2.29. The number of nitrogens with zero attached hydrogens (tertiary/aromatic N) is 2. The summed E-state index contributed by atoms with van der Waals surface area (Å²) in [5, 5.41) is 3.20. The molecule has 1 aromatic carbocycles. The van der Waals surface area contributed by atoms with Crippen LogP contribution in [-0.2, 0) is 22.9 Å². The Bertz CT molecular complexity index is 947. The molecule has 0 bridgehead atoms. The first kappa shape index (κ1) is 20.4. The Kier molecular flexibility index (Phi) is 5.31. The zero-order valence-electron chi connectivity index (χ0n) is 15.6. The van der Waals surface area contributed by atoms with Crippen LogP contribution in [0.1, 0.15) is 32.0 Å². The molecule has 0 aliphatic carbocycles. The predicted octanol–water partition coefficient (Wildman–Crippen LogP) is 3.92. The lowest BCUT2D eigenvalue weighted by Crippen LogP contribution is -2.37. The number of anilines is 1. The van der Waals surface area contributed by atoms with Crippen LogP contribution in [0, 0.1) is 5.92 Å². The minimum absolute atomic E-state index is 0.186. The zero-order chi connectivity index (χ0) is 20.7. The number of nitrogens with one attached hydrogen (secondary N) is 1. The van der Waals surface area contributed by atoms with Gasteiger partial charge in [0.1, 0.15) is 0 Å². The van der Waals surface area contributed by atoms with Crippen molar-refractivity contribution in [1.82, 2.24) is 9.55 Å². The van der Waals surface area contributed by atoms with Gasteiger partial charge in [-0.2, -0.15) is 13.2 Å². The van der Waals surface area contributed by atoms with Gasteiger partial charge in [-0.05, 0) is 24.3 Å². The summed E-state index contributed by atoms with van der Waals surface area (Å²) in [6.07, 6.45) is -4.42. The summed E-state index contributed by atoms with van der Waals surface area (Å²) >= 11 is 1.33. The van der Waals surface area contributed by atoms with Crippen molar-refractivity contribution in [2.75, 3.05) is 11.1 Å². The van der Waals surface area contributed by atoms with Crippen LogP contribution in [0.15, 0.2) is 40.3 Å². The van der Waals surface area contributed by atoms with E-state index < -0.39 is 17.7 Å². The Morgan fingerprint density at radius 1 is 1.21 bits per heavy atom. The fourth-order valence-electron chi connectivity index (χ4n) is 2.74. The molecule has 28 heavy (non-hydrogen) atoms. The highest BCUT2D eigenvalue weighted by Gasteiger charge is 2.31. The number of alkyl halides is 3. The average molecular weight is 411 g/mol. The summed E-state index contributed by atoms with van der Waals surface area (Å²) in [5.74, 6) is -0.392. The molecule has 1 unspecified atom stereocenters. The van der Waals surface area contributed by atoms with Crippen LogP contribution in [0.3, 0.4) is 0 Å². The molecule has 0 spiro atoms. The van der Waals surface area contributed by atoms with Crippen LogP contribution in [0.2, 0.25) is 0 Å². The lowest BCUT2D eigenvalue weighted by Gasteiger charge is -2.26. The first-order valence-corrected chi connectivity index (χ1v) is 9.67. The van der Waals surface area contributed by atoms with E-state index in [0.29, 0.717) is 16.6 Å². The molecule has 1 aliphatic rings. The molecule has 0 radical (unpaired) electrons. The number of hydrogen-bond donors (Lipinski definition) is 1. The van der Waals surface area contributed by atoms with Gasteiger partial charge in [0.15, 0.2) is 5.16 Å². The highest BCUT2D eigenvalue weighted by molar-refractivity contribution is 7.99. The van der Waals surface area contributed by atoms with Crippen LogP contribution in [-0.4, -0.2) is 21.2 Å². The van der Waals surface area contributed by atoms with Gasteiger partial charge in [0.05, 0.1) is 17.2 Å². The van der Waals surface area contributed by atoms with Crippen LogP contribution in [0.25, 0.3) is 0 Å². The molecule has 5 nitrogen and oxygen atoms in total. The van der Waals surface area contributed by atoms with Gasteiger partial charge < -0.3 is 5.32 Å². The quantitative estimate of drug-likeness (QED) is 0.761. The molecule has 1 aromatic heterocycles. The molecule has 9 heteroatoms. The zero-order valence-corrected chi connectivity index (χ0v) is 16.4. The van der Waals surface area contributed by atoms with Gasteiger partial charge in [-0.3, -0.25) is 14.2 Å². The monoisotopic (exact) mass is 411 g/mol. The minimum atomic E-state index is -4.42. The van der Waals surface area contributed by atoms with Crippen molar-refractivity contribution in [3.05, 3.63) is 51.9 Å². The second kappa shape index (κ2) is 7.27. The van der Waals surface area contributed by atoms with Crippen molar-refractivity contribution in [2.24, 2.45) is 5.92 Å². The highest BCUT2D eigenvalue weighted by Crippen LogP contribution is 2.31. The standard InChI is InChI=1S/C19H20F3N3O2S/c1-18(2,3)14-8-15(26)25-9-11(10-28-17(25)24-14)16(27)23-13-6-4-12(5-7-13)19(20,21)22/h4-8,11H,9-10H2,1-3H3,(H,23,27). The van der Waals surface area contributed by atoms with E-state index in [0.717, 1.165) is 12.1 Å². The van der Waals surface area contributed by atoms with E-state index in [4.69, 9.17) is 0 Å². The van der Waals surface area contributed by atoms with Crippen molar-refractivity contribution in [1.29, 1.82) is 0 Å².